The van der Waals surface area contributed by atoms with E-state index in [1.165, 1.54) is 25.7 Å². The standard InChI is InChI=1S/C11H16/c1-2-3-4-5-8-11-9-6-7-10-11/h3-4,11H,2,6-7,9-10H2,1H3. The highest BCUT2D eigenvalue weighted by Gasteiger charge is 2.10. The van der Waals surface area contributed by atoms with Gasteiger partial charge < -0.3 is 0 Å². The molecule has 0 unspecified atom stereocenters. The SMILES string of the molecule is CCC=CC#CC1CCCC1. The highest BCUT2D eigenvalue weighted by molar-refractivity contribution is 5.17. The van der Waals surface area contributed by atoms with E-state index in [1.54, 1.807) is 0 Å². The molecule has 0 spiro atoms. The van der Waals surface area contributed by atoms with Gasteiger partial charge in [-0.2, -0.15) is 0 Å². The van der Waals surface area contributed by atoms with Crippen molar-refractivity contribution in [2.24, 2.45) is 5.92 Å². The Kier molecular flexibility index (Phi) is 3.83. The molecule has 0 aromatic heterocycles. The molecule has 60 valence electrons. The van der Waals surface area contributed by atoms with Crippen LogP contribution >= 0.6 is 0 Å². The van der Waals surface area contributed by atoms with Gasteiger partial charge in [-0.1, -0.05) is 37.7 Å². The second-order valence-corrected chi connectivity index (χ2v) is 3.08. The third-order valence-corrected chi connectivity index (χ3v) is 2.08. The van der Waals surface area contributed by atoms with Gasteiger partial charge in [-0.3, -0.25) is 0 Å². The third kappa shape index (κ3) is 3.28. The van der Waals surface area contributed by atoms with E-state index in [-0.39, 0.29) is 0 Å². The molecule has 1 rings (SSSR count). The predicted octanol–water partition coefficient (Wildman–Crippen LogP) is 3.15. The minimum atomic E-state index is 0.705. The topological polar surface area (TPSA) is 0 Å². The van der Waals surface area contributed by atoms with Crippen molar-refractivity contribution in [3.8, 4) is 11.8 Å². The quantitative estimate of drug-likeness (QED) is 0.501. The van der Waals surface area contributed by atoms with Crippen LogP contribution in [0.4, 0.5) is 0 Å². The Morgan fingerprint density at radius 3 is 2.73 bits per heavy atom. The Morgan fingerprint density at radius 2 is 2.09 bits per heavy atom. The van der Waals surface area contributed by atoms with Crippen LogP contribution in [0.5, 0.6) is 0 Å². The second kappa shape index (κ2) is 5.02. The summed E-state index contributed by atoms with van der Waals surface area (Å²) < 4.78 is 0. The summed E-state index contributed by atoms with van der Waals surface area (Å²) in [5.41, 5.74) is 0. The lowest BCUT2D eigenvalue weighted by Gasteiger charge is -1.93. The van der Waals surface area contributed by atoms with Crippen LogP contribution < -0.4 is 0 Å². The third-order valence-electron chi connectivity index (χ3n) is 2.08. The molecule has 0 heteroatoms. The average Bonchev–Trinajstić information content (AvgIpc) is 2.50. The molecule has 0 bridgehead atoms. The lowest BCUT2D eigenvalue weighted by atomic mass is 10.1. The van der Waals surface area contributed by atoms with Gasteiger partial charge in [0.15, 0.2) is 0 Å². The van der Waals surface area contributed by atoms with Crippen molar-refractivity contribution in [3.05, 3.63) is 12.2 Å². The molecule has 0 nitrogen and oxygen atoms in total. The van der Waals surface area contributed by atoms with Crippen LogP contribution in [0.1, 0.15) is 39.0 Å². The fraction of sp³-hybridized carbons (Fsp3) is 0.636. The summed E-state index contributed by atoms with van der Waals surface area (Å²) in [4.78, 5) is 0. The number of hydrogen-bond acceptors (Lipinski definition) is 0. The Morgan fingerprint density at radius 1 is 1.36 bits per heavy atom. The van der Waals surface area contributed by atoms with Crippen LogP contribution in [0.15, 0.2) is 12.2 Å². The van der Waals surface area contributed by atoms with Gasteiger partial charge in [0.05, 0.1) is 0 Å². The van der Waals surface area contributed by atoms with E-state index in [1.807, 2.05) is 6.08 Å². The van der Waals surface area contributed by atoms with Crippen molar-refractivity contribution in [2.75, 3.05) is 0 Å². The zero-order valence-corrected chi connectivity index (χ0v) is 7.27. The highest BCUT2D eigenvalue weighted by Crippen LogP contribution is 2.23. The van der Waals surface area contributed by atoms with Crippen LogP contribution in [-0.4, -0.2) is 0 Å². The first-order valence-corrected chi connectivity index (χ1v) is 4.59. The van der Waals surface area contributed by atoms with Crippen LogP contribution in [0.25, 0.3) is 0 Å². The molecular formula is C11H16. The largest absolute Gasteiger partial charge is 0.0951 e. The van der Waals surface area contributed by atoms with Crippen molar-refractivity contribution < 1.29 is 0 Å². The van der Waals surface area contributed by atoms with Gasteiger partial charge in [0.1, 0.15) is 0 Å². The fourth-order valence-electron chi connectivity index (χ4n) is 1.41. The van der Waals surface area contributed by atoms with E-state index in [0.717, 1.165) is 6.42 Å². The summed E-state index contributed by atoms with van der Waals surface area (Å²) in [5.74, 6) is 7.08. The lowest BCUT2D eigenvalue weighted by Crippen LogP contribution is -1.84. The monoisotopic (exact) mass is 148 g/mol. The molecule has 1 saturated carbocycles. The van der Waals surface area contributed by atoms with Gasteiger partial charge in [0, 0.05) is 5.92 Å². The summed E-state index contributed by atoms with van der Waals surface area (Å²) in [5, 5.41) is 0. The summed E-state index contributed by atoms with van der Waals surface area (Å²) >= 11 is 0. The van der Waals surface area contributed by atoms with Crippen molar-refractivity contribution in [2.45, 2.75) is 39.0 Å². The normalized spacial score (nSPS) is 18.6. The molecule has 0 aromatic rings. The Balaban J connectivity index is 2.25. The molecular weight excluding hydrogens is 132 g/mol. The maximum Gasteiger partial charge on any atom is 0.0206 e. The molecule has 1 aliphatic carbocycles. The van der Waals surface area contributed by atoms with Gasteiger partial charge in [-0.05, 0) is 25.3 Å². The molecule has 0 aliphatic heterocycles. The van der Waals surface area contributed by atoms with Gasteiger partial charge in [-0.15, -0.1) is 0 Å². The van der Waals surface area contributed by atoms with Crippen LogP contribution in [-0.2, 0) is 0 Å². The summed E-state index contributed by atoms with van der Waals surface area (Å²) in [6.45, 7) is 2.13. The smallest absolute Gasteiger partial charge is 0.0206 e. The van der Waals surface area contributed by atoms with E-state index in [9.17, 15) is 0 Å². The van der Waals surface area contributed by atoms with E-state index < -0.39 is 0 Å². The number of rotatable bonds is 1. The molecule has 0 amide bonds. The second-order valence-electron chi connectivity index (χ2n) is 3.08. The van der Waals surface area contributed by atoms with Crippen molar-refractivity contribution in [1.29, 1.82) is 0 Å². The number of hydrogen-bond donors (Lipinski definition) is 0. The zero-order chi connectivity index (χ0) is 7.94. The van der Waals surface area contributed by atoms with E-state index in [0.29, 0.717) is 5.92 Å². The summed E-state index contributed by atoms with van der Waals surface area (Å²) in [7, 11) is 0. The van der Waals surface area contributed by atoms with E-state index in [2.05, 4.69) is 24.8 Å². The summed E-state index contributed by atoms with van der Waals surface area (Å²) in [6.07, 6.45) is 10.6. The van der Waals surface area contributed by atoms with E-state index in [4.69, 9.17) is 0 Å². The maximum absolute atomic E-state index is 3.28. The van der Waals surface area contributed by atoms with Gasteiger partial charge >= 0.3 is 0 Å². The Labute approximate surface area is 69.7 Å². The first-order valence-electron chi connectivity index (χ1n) is 4.59. The maximum atomic E-state index is 3.28. The zero-order valence-electron chi connectivity index (χ0n) is 7.27. The fourth-order valence-corrected chi connectivity index (χ4v) is 1.41. The average molecular weight is 148 g/mol. The first-order chi connectivity index (χ1) is 5.43. The predicted molar refractivity (Wildman–Crippen MR) is 49.2 cm³/mol. The van der Waals surface area contributed by atoms with Crippen LogP contribution in [0.2, 0.25) is 0 Å². The summed E-state index contributed by atoms with van der Waals surface area (Å²) in [6, 6.07) is 0. The first kappa shape index (κ1) is 8.40. The molecule has 0 aromatic carbocycles. The molecule has 11 heavy (non-hydrogen) atoms. The lowest BCUT2D eigenvalue weighted by molar-refractivity contribution is 0.712. The molecule has 1 fully saturated rings. The highest BCUT2D eigenvalue weighted by atomic mass is 14.1. The van der Waals surface area contributed by atoms with Crippen LogP contribution in [0, 0.1) is 17.8 Å². The van der Waals surface area contributed by atoms with Gasteiger partial charge in [0.25, 0.3) is 0 Å². The Bertz CT molecular complexity index is 172. The molecule has 1 aliphatic rings. The number of allylic oxidation sites excluding steroid dienone is 2. The molecule has 0 heterocycles. The van der Waals surface area contributed by atoms with Gasteiger partial charge in [-0.25, -0.2) is 0 Å². The minimum absolute atomic E-state index is 0.705. The Hall–Kier alpha value is -0.700. The van der Waals surface area contributed by atoms with Gasteiger partial charge in [0.2, 0.25) is 0 Å². The van der Waals surface area contributed by atoms with Crippen molar-refractivity contribution in [1.82, 2.24) is 0 Å². The van der Waals surface area contributed by atoms with E-state index >= 15 is 0 Å². The van der Waals surface area contributed by atoms with Crippen LogP contribution in [0.3, 0.4) is 0 Å². The molecule has 0 saturated heterocycles. The van der Waals surface area contributed by atoms with Crippen molar-refractivity contribution in [3.63, 3.8) is 0 Å². The molecule has 0 atom stereocenters. The molecule has 0 N–H and O–H groups in total. The van der Waals surface area contributed by atoms with Crippen molar-refractivity contribution >= 4 is 0 Å². The molecule has 0 radical (unpaired) electrons. The minimum Gasteiger partial charge on any atom is -0.0951 e.